The molecule has 0 fully saturated rings. The van der Waals surface area contributed by atoms with E-state index in [2.05, 4.69) is 15.9 Å². The van der Waals surface area contributed by atoms with E-state index >= 15 is 0 Å². The number of benzene rings is 2. The predicted molar refractivity (Wildman–Crippen MR) is 106 cm³/mol. The first-order chi connectivity index (χ1) is 11.5. The van der Waals surface area contributed by atoms with Gasteiger partial charge in [0.15, 0.2) is 0 Å². The maximum atomic E-state index is 11.6. The van der Waals surface area contributed by atoms with Crippen molar-refractivity contribution >= 4 is 62.7 Å². The Morgan fingerprint density at radius 2 is 1.33 bits per heavy atom. The lowest BCUT2D eigenvalue weighted by atomic mass is 10.4. The van der Waals surface area contributed by atoms with Crippen LogP contribution < -0.4 is 0 Å². The first kappa shape index (κ1) is 19.4. The molecule has 0 aliphatic carbocycles. The highest BCUT2D eigenvalue weighted by Crippen LogP contribution is 2.44. The van der Waals surface area contributed by atoms with Gasteiger partial charge in [-0.25, -0.2) is 0 Å². The number of thioether (sulfide) groups is 2. The summed E-state index contributed by atoms with van der Waals surface area (Å²) in [7, 11) is 0. The van der Waals surface area contributed by atoms with E-state index < -0.39 is 4.92 Å². The molecule has 0 N–H and O–H groups in total. The molecule has 0 radical (unpaired) electrons. The first-order valence-electron chi connectivity index (χ1n) is 6.54. The Labute approximate surface area is 166 Å². The fourth-order valence-electron chi connectivity index (χ4n) is 1.64. The molecule has 0 saturated heterocycles. The summed E-state index contributed by atoms with van der Waals surface area (Å²) >= 11 is 17.4. The maximum absolute atomic E-state index is 11.6. The van der Waals surface area contributed by atoms with Crippen molar-refractivity contribution in [2.45, 2.75) is 9.79 Å². The second-order valence-electron chi connectivity index (χ2n) is 4.30. The number of allylic oxidation sites excluding steroid dienone is 1. The van der Waals surface area contributed by atoms with Gasteiger partial charge in [-0.1, -0.05) is 83.1 Å². The van der Waals surface area contributed by atoms with E-state index in [0.717, 1.165) is 9.79 Å². The molecule has 8 heteroatoms. The number of nitrogens with zero attached hydrogens (tertiary/aromatic N) is 1. The van der Waals surface area contributed by atoms with E-state index in [1.54, 1.807) is 0 Å². The Morgan fingerprint density at radius 1 is 0.917 bits per heavy atom. The smallest absolute Gasteiger partial charge is 0.258 e. The van der Waals surface area contributed by atoms with Gasteiger partial charge < -0.3 is 0 Å². The van der Waals surface area contributed by atoms with Crippen LogP contribution in [0.25, 0.3) is 0 Å². The van der Waals surface area contributed by atoms with Gasteiger partial charge in [-0.2, -0.15) is 0 Å². The SMILES string of the molecule is O=[N+]([O-])C(=C(Sc1ccccc1)Sc1ccccc1)C(Cl)=C(Cl)Br. The highest BCUT2D eigenvalue weighted by molar-refractivity contribution is 9.12. The van der Waals surface area contributed by atoms with Crippen LogP contribution in [0.5, 0.6) is 0 Å². The Morgan fingerprint density at radius 3 is 1.67 bits per heavy atom. The second kappa shape index (κ2) is 9.53. The molecule has 0 bridgehead atoms. The molecule has 0 saturated carbocycles. The van der Waals surface area contributed by atoms with Crippen molar-refractivity contribution in [1.82, 2.24) is 0 Å². The van der Waals surface area contributed by atoms with Crippen LogP contribution >= 0.6 is 62.7 Å². The average molecular weight is 463 g/mol. The topological polar surface area (TPSA) is 43.1 Å². The summed E-state index contributed by atoms with van der Waals surface area (Å²) in [6.07, 6.45) is 0. The second-order valence-corrected chi connectivity index (χ2v) is 8.73. The molecular weight excluding hydrogens is 453 g/mol. The lowest BCUT2D eigenvalue weighted by Gasteiger charge is -2.09. The summed E-state index contributed by atoms with van der Waals surface area (Å²) < 4.78 is 0.427. The molecule has 0 aliphatic rings. The highest BCUT2D eigenvalue weighted by atomic mass is 79.9. The van der Waals surface area contributed by atoms with E-state index in [4.69, 9.17) is 23.2 Å². The van der Waals surface area contributed by atoms with Gasteiger partial charge in [0.05, 0.1) is 4.92 Å². The maximum Gasteiger partial charge on any atom is 0.310 e. The fraction of sp³-hybridized carbons (Fsp3) is 0. The molecule has 0 atom stereocenters. The fourth-order valence-corrected chi connectivity index (χ4v) is 4.50. The van der Waals surface area contributed by atoms with E-state index in [9.17, 15) is 10.1 Å². The molecule has 0 amide bonds. The Kier molecular flexibility index (Phi) is 7.71. The molecule has 124 valence electrons. The molecule has 0 aliphatic heterocycles. The molecule has 0 heterocycles. The summed E-state index contributed by atoms with van der Waals surface area (Å²) in [5.74, 6) is 0. The largest absolute Gasteiger partial charge is 0.310 e. The van der Waals surface area contributed by atoms with Crippen molar-refractivity contribution in [2.75, 3.05) is 0 Å². The number of nitro groups is 1. The van der Waals surface area contributed by atoms with E-state index in [0.29, 0.717) is 4.24 Å². The molecule has 2 aromatic rings. The molecule has 0 unspecified atom stereocenters. The third kappa shape index (κ3) is 5.57. The molecule has 2 rings (SSSR count). The zero-order valence-electron chi connectivity index (χ0n) is 12.0. The number of rotatable bonds is 6. The van der Waals surface area contributed by atoms with Gasteiger partial charge in [0.2, 0.25) is 0 Å². The Balaban J connectivity index is 2.53. The van der Waals surface area contributed by atoms with Crippen LogP contribution in [0.4, 0.5) is 0 Å². The normalized spacial score (nSPS) is 11.6. The third-order valence-electron chi connectivity index (χ3n) is 2.66. The lowest BCUT2D eigenvalue weighted by Crippen LogP contribution is -2.02. The van der Waals surface area contributed by atoms with Crippen LogP contribution in [0.3, 0.4) is 0 Å². The van der Waals surface area contributed by atoms with Crippen molar-refractivity contribution in [2.24, 2.45) is 0 Å². The standard InChI is InChI=1S/C16H10BrCl2NO2S2/c17-15(19)13(18)14(20(21)22)16(23-11-7-3-1-4-8-11)24-12-9-5-2-6-10-12/h1-10H. The van der Waals surface area contributed by atoms with Crippen molar-refractivity contribution < 1.29 is 4.92 Å². The van der Waals surface area contributed by atoms with Crippen molar-refractivity contribution in [3.63, 3.8) is 0 Å². The van der Waals surface area contributed by atoms with Crippen LogP contribution in [0, 0.1) is 10.1 Å². The van der Waals surface area contributed by atoms with Gasteiger partial charge in [-0.3, -0.25) is 10.1 Å². The minimum atomic E-state index is -0.521. The molecule has 24 heavy (non-hydrogen) atoms. The van der Waals surface area contributed by atoms with Crippen LogP contribution in [-0.4, -0.2) is 4.92 Å². The number of hydrogen-bond donors (Lipinski definition) is 0. The highest BCUT2D eigenvalue weighted by Gasteiger charge is 2.26. The van der Waals surface area contributed by atoms with Crippen LogP contribution in [0.15, 0.2) is 89.4 Å². The van der Waals surface area contributed by atoms with Gasteiger partial charge in [0, 0.05) is 9.79 Å². The lowest BCUT2D eigenvalue weighted by molar-refractivity contribution is -0.419. The molecule has 0 spiro atoms. The van der Waals surface area contributed by atoms with Gasteiger partial charge in [0.1, 0.15) is 13.2 Å². The van der Waals surface area contributed by atoms with Gasteiger partial charge >= 0.3 is 5.70 Å². The minimum Gasteiger partial charge on any atom is -0.258 e. The minimum absolute atomic E-state index is 0.00399. The average Bonchev–Trinajstić information content (AvgIpc) is 2.56. The zero-order valence-corrected chi connectivity index (χ0v) is 16.7. The first-order valence-corrected chi connectivity index (χ1v) is 9.73. The predicted octanol–water partition coefficient (Wildman–Crippen LogP) is 7.06. The summed E-state index contributed by atoms with van der Waals surface area (Å²) in [6.45, 7) is 0. The zero-order chi connectivity index (χ0) is 17.5. The summed E-state index contributed by atoms with van der Waals surface area (Å²) in [5.41, 5.74) is -0.235. The van der Waals surface area contributed by atoms with Crippen LogP contribution in [-0.2, 0) is 0 Å². The Bertz CT molecular complexity index is 736. The number of hydrogen-bond acceptors (Lipinski definition) is 4. The van der Waals surface area contributed by atoms with Gasteiger partial charge in [-0.15, -0.1) is 0 Å². The summed E-state index contributed by atoms with van der Waals surface area (Å²) in [5, 5.41) is 11.5. The summed E-state index contributed by atoms with van der Waals surface area (Å²) in [6, 6.07) is 18.7. The van der Waals surface area contributed by atoms with Crippen LogP contribution in [0.1, 0.15) is 0 Å². The molecular formula is C16H10BrCl2NO2S2. The van der Waals surface area contributed by atoms with Crippen molar-refractivity contribution in [3.05, 3.63) is 89.7 Å². The summed E-state index contributed by atoms with van der Waals surface area (Å²) in [4.78, 5) is 12.8. The molecule has 0 aromatic heterocycles. The van der Waals surface area contributed by atoms with Crippen molar-refractivity contribution in [3.8, 4) is 0 Å². The Hall–Kier alpha value is -0.920. The van der Waals surface area contributed by atoms with Crippen LogP contribution in [0.2, 0.25) is 0 Å². The number of halogens is 3. The monoisotopic (exact) mass is 461 g/mol. The van der Waals surface area contributed by atoms with Gasteiger partial charge in [0.25, 0.3) is 0 Å². The van der Waals surface area contributed by atoms with E-state index in [1.165, 1.54) is 23.5 Å². The van der Waals surface area contributed by atoms with Gasteiger partial charge in [-0.05, 0) is 40.2 Å². The quantitative estimate of drug-likeness (QED) is 0.199. The third-order valence-corrected chi connectivity index (χ3v) is 6.21. The van der Waals surface area contributed by atoms with Crippen molar-refractivity contribution in [1.29, 1.82) is 0 Å². The van der Waals surface area contributed by atoms with E-state index in [1.807, 2.05) is 60.7 Å². The molecule has 3 nitrogen and oxygen atoms in total. The molecule has 2 aromatic carbocycles. The van der Waals surface area contributed by atoms with E-state index in [-0.39, 0.29) is 14.7 Å².